The van der Waals surface area contributed by atoms with Gasteiger partial charge in [-0.2, -0.15) is 0 Å². The van der Waals surface area contributed by atoms with Crippen molar-refractivity contribution in [2.24, 2.45) is 0 Å². The Hall–Kier alpha value is -1.55. The Morgan fingerprint density at radius 3 is 2.73 bits per heavy atom. The van der Waals surface area contributed by atoms with Crippen LogP contribution in [0.15, 0.2) is 24.3 Å². The Kier molecular flexibility index (Phi) is 4.63. The summed E-state index contributed by atoms with van der Waals surface area (Å²) in [7, 11) is 0. The van der Waals surface area contributed by atoms with Crippen molar-refractivity contribution in [1.29, 1.82) is 0 Å². The van der Waals surface area contributed by atoms with Gasteiger partial charge >= 0.3 is 6.03 Å². The second kappa shape index (κ2) is 6.03. The van der Waals surface area contributed by atoms with Crippen molar-refractivity contribution in [1.82, 2.24) is 10.6 Å². The van der Waals surface area contributed by atoms with Crippen molar-refractivity contribution >= 4 is 6.03 Å². The third-order valence-electron chi connectivity index (χ3n) is 1.96. The molecule has 4 heteroatoms. The van der Waals surface area contributed by atoms with Crippen LogP contribution in [0, 0.1) is 0 Å². The van der Waals surface area contributed by atoms with E-state index in [1.54, 1.807) is 0 Å². The predicted molar refractivity (Wildman–Crippen MR) is 58.3 cm³/mol. The van der Waals surface area contributed by atoms with Crippen LogP contribution < -0.4 is 10.6 Å². The van der Waals surface area contributed by atoms with Crippen molar-refractivity contribution in [3.8, 4) is 0 Å². The molecule has 15 heavy (non-hydrogen) atoms. The first-order valence-corrected chi connectivity index (χ1v) is 4.96. The van der Waals surface area contributed by atoms with Crippen molar-refractivity contribution in [3.63, 3.8) is 0 Å². The lowest BCUT2D eigenvalue weighted by molar-refractivity contribution is 0.241. The number of benzene rings is 1. The van der Waals surface area contributed by atoms with E-state index in [2.05, 4.69) is 10.6 Å². The van der Waals surface area contributed by atoms with Gasteiger partial charge in [0.05, 0.1) is 6.61 Å². The van der Waals surface area contributed by atoms with Crippen LogP contribution in [0.4, 0.5) is 4.79 Å². The molecule has 0 atom stereocenters. The van der Waals surface area contributed by atoms with Crippen LogP contribution in [0.25, 0.3) is 0 Å². The van der Waals surface area contributed by atoms with E-state index < -0.39 is 0 Å². The average Bonchev–Trinajstić information content (AvgIpc) is 2.27. The number of rotatable bonds is 4. The number of nitrogens with one attached hydrogen (secondary N) is 2. The van der Waals surface area contributed by atoms with E-state index in [1.807, 2.05) is 31.2 Å². The predicted octanol–water partition coefficient (Wildman–Crippen LogP) is 0.998. The molecule has 0 bridgehead atoms. The van der Waals surface area contributed by atoms with Crippen molar-refractivity contribution in [2.45, 2.75) is 20.1 Å². The highest BCUT2D eigenvalue weighted by atomic mass is 16.3. The van der Waals surface area contributed by atoms with Crippen molar-refractivity contribution < 1.29 is 9.90 Å². The number of aliphatic hydroxyl groups excluding tert-OH is 1. The Balaban J connectivity index is 2.46. The number of hydrogen-bond donors (Lipinski definition) is 3. The van der Waals surface area contributed by atoms with E-state index >= 15 is 0 Å². The Morgan fingerprint density at radius 2 is 2.07 bits per heavy atom. The Morgan fingerprint density at radius 1 is 1.33 bits per heavy atom. The van der Waals surface area contributed by atoms with Gasteiger partial charge in [-0.25, -0.2) is 4.79 Å². The summed E-state index contributed by atoms with van der Waals surface area (Å²) in [6.45, 7) is 2.98. The maximum Gasteiger partial charge on any atom is 0.315 e. The second-order valence-corrected chi connectivity index (χ2v) is 3.19. The molecule has 1 rings (SSSR count). The third kappa shape index (κ3) is 3.99. The van der Waals surface area contributed by atoms with Crippen LogP contribution in [0.1, 0.15) is 18.1 Å². The van der Waals surface area contributed by atoms with Crippen LogP contribution in [0.3, 0.4) is 0 Å². The molecule has 3 N–H and O–H groups in total. The lowest BCUT2D eigenvalue weighted by Crippen LogP contribution is -2.34. The number of carbonyl (C=O) groups is 1. The lowest BCUT2D eigenvalue weighted by atomic mass is 10.1. The molecule has 0 aliphatic carbocycles. The molecule has 4 nitrogen and oxygen atoms in total. The first-order valence-electron chi connectivity index (χ1n) is 4.96. The molecule has 0 saturated heterocycles. The highest BCUT2D eigenvalue weighted by molar-refractivity contribution is 5.73. The molecule has 0 heterocycles. The monoisotopic (exact) mass is 208 g/mol. The highest BCUT2D eigenvalue weighted by Gasteiger charge is 1.98. The zero-order chi connectivity index (χ0) is 11.1. The van der Waals surface area contributed by atoms with Crippen molar-refractivity contribution in [3.05, 3.63) is 35.4 Å². The smallest absolute Gasteiger partial charge is 0.315 e. The molecule has 0 unspecified atom stereocenters. The van der Waals surface area contributed by atoms with Crippen molar-refractivity contribution in [2.75, 3.05) is 6.54 Å². The quantitative estimate of drug-likeness (QED) is 0.691. The molecule has 2 amide bonds. The number of aliphatic hydroxyl groups is 1. The molecule has 1 aromatic carbocycles. The van der Waals surface area contributed by atoms with Gasteiger partial charge in [0.25, 0.3) is 0 Å². The Labute approximate surface area is 89.3 Å². The summed E-state index contributed by atoms with van der Waals surface area (Å²) in [6, 6.07) is 7.31. The van der Waals surface area contributed by atoms with Crippen LogP contribution in [0.5, 0.6) is 0 Å². The summed E-state index contributed by atoms with van der Waals surface area (Å²) < 4.78 is 0. The van der Waals surface area contributed by atoms with Crippen LogP contribution in [-0.4, -0.2) is 17.7 Å². The fraction of sp³-hybridized carbons (Fsp3) is 0.364. The molecule has 0 aliphatic rings. The zero-order valence-corrected chi connectivity index (χ0v) is 8.79. The lowest BCUT2D eigenvalue weighted by Gasteiger charge is -2.06. The van der Waals surface area contributed by atoms with Gasteiger partial charge in [-0.1, -0.05) is 24.3 Å². The topological polar surface area (TPSA) is 61.4 Å². The van der Waals surface area contributed by atoms with Crippen LogP contribution in [-0.2, 0) is 13.2 Å². The van der Waals surface area contributed by atoms with Crippen LogP contribution in [0.2, 0.25) is 0 Å². The molecule has 0 saturated carbocycles. The van der Waals surface area contributed by atoms with Gasteiger partial charge in [0, 0.05) is 13.1 Å². The first kappa shape index (κ1) is 11.5. The minimum absolute atomic E-state index is 0.0228. The third-order valence-corrected chi connectivity index (χ3v) is 1.96. The van der Waals surface area contributed by atoms with Gasteiger partial charge in [0.1, 0.15) is 0 Å². The van der Waals surface area contributed by atoms with E-state index in [4.69, 9.17) is 5.11 Å². The second-order valence-electron chi connectivity index (χ2n) is 3.19. The summed E-state index contributed by atoms with van der Waals surface area (Å²) in [4.78, 5) is 11.1. The van der Waals surface area contributed by atoms with E-state index in [1.165, 1.54) is 0 Å². The normalized spacial score (nSPS) is 9.73. The molecule has 0 aliphatic heterocycles. The van der Waals surface area contributed by atoms with Gasteiger partial charge in [0.15, 0.2) is 0 Å². The minimum atomic E-state index is -0.174. The first-order chi connectivity index (χ1) is 7.26. The number of amides is 2. The highest BCUT2D eigenvalue weighted by Crippen LogP contribution is 2.04. The summed E-state index contributed by atoms with van der Waals surface area (Å²) in [6.07, 6.45) is 0. The molecule has 0 radical (unpaired) electrons. The number of carbonyl (C=O) groups excluding carboxylic acids is 1. The number of hydrogen-bond acceptors (Lipinski definition) is 2. The molecule has 0 spiro atoms. The maximum atomic E-state index is 11.1. The minimum Gasteiger partial charge on any atom is -0.392 e. The van der Waals surface area contributed by atoms with E-state index in [0.717, 1.165) is 11.1 Å². The van der Waals surface area contributed by atoms with Gasteiger partial charge in [-0.3, -0.25) is 0 Å². The molecular formula is C11H16N2O2. The van der Waals surface area contributed by atoms with Gasteiger partial charge in [0.2, 0.25) is 0 Å². The average molecular weight is 208 g/mol. The molecule has 1 aromatic rings. The van der Waals surface area contributed by atoms with E-state index in [9.17, 15) is 4.79 Å². The molecule has 0 fully saturated rings. The standard InChI is InChI=1S/C11H16N2O2/c1-2-12-11(15)13-7-9-4-3-5-10(6-9)8-14/h3-6,14H,2,7-8H2,1H3,(H2,12,13,15). The Bertz CT molecular complexity index is 326. The molecule has 82 valence electrons. The zero-order valence-electron chi connectivity index (χ0n) is 8.79. The summed E-state index contributed by atoms with van der Waals surface area (Å²) in [5.41, 5.74) is 1.83. The maximum absolute atomic E-state index is 11.1. The van der Waals surface area contributed by atoms with E-state index in [-0.39, 0.29) is 12.6 Å². The largest absolute Gasteiger partial charge is 0.392 e. The van der Waals surface area contributed by atoms with Crippen LogP contribution >= 0.6 is 0 Å². The summed E-state index contributed by atoms with van der Waals surface area (Å²) in [5, 5.41) is 14.3. The van der Waals surface area contributed by atoms with Gasteiger partial charge in [-0.05, 0) is 18.1 Å². The van der Waals surface area contributed by atoms with Gasteiger partial charge in [-0.15, -0.1) is 0 Å². The molecule has 0 aromatic heterocycles. The van der Waals surface area contributed by atoms with Gasteiger partial charge < -0.3 is 15.7 Å². The fourth-order valence-electron chi connectivity index (χ4n) is 1.24. The molecular weight excluding hydrogens is 192 g/mol. The SMILES string of the molecule is CCNC(=O)NCc1cccc(CO)c1. The number of urea groups is 1. The fourth-order valence-corrected chi connectivity index (χ4v) is 1.24. The van der Waals surface area contributed by atoms with E-state index in [0.29, 0.717) is 13.1 Å². The summed E-state index contributed by atoms with van der Waals surface area (Å²) >= 11 is 0. The summed E-state index contributed by atoms with van der Waals surface area (Å²) in [5.74, 6) is 0.